The van der Waals surface area contributed by atoms with Gasteiger partial charge in [0.1, 0.15) is 11.5 Å². The molecule has 3 aromatic heterocycles. The fraction of sp³-hybridized carbons (Fsp3) is 0. The topological polar surface area (TPSA) is 35.1 Å². The van der Waals surface area contributed by atoms with Crippen LogP contribution in [0.2, 0.25) is 0 Å². The smallest absolute Gasteiger partial charge is 0.146 e. The van der Waals surface area contributed by atoms with Crippen LogP contribution in [0.15, 0.2) is 170 Å². The number of nitrogens with zero attached hydrogens (tertiary/aromatic N) is 4. The minimum absolute atomic E-state index is 0.939. The number of benzene rings is 7. The number of rotatable bonds is 4. The number of pyridine rings is 1. The number of para-hydroxylation sites is 6. The zero-order valence-electron chi connectivity index (χ0n) is 26.0. The third-order valence-corrected chi connectivity index (χ3v) is 9.53. The lowest BCUT2D eigenvalue weighted by Crippen LogP contribution is -1.97. The molecule has 0 spiro atoms. The maximum Gasteiger partial charge on any atom is 0.146 e. The number of hydrogen-bond donors (Lipinski definition) is 0. The van der Waals surface area contributed by atoms with Crippen LogP contribution in [0.4, 0.5) is 0 Å². The molecule has 0 N–H and O–H groups in total. The molecule has 224 valence electrons. The Hall–Kier alpha value is -6.52. The first-order valence-electron chi connectivity index (χ1n) is 16.3. The lowest BCUT2D eigenvalue weighted by molar-refractivity contribution is 1.10. The highest BCUT2D eigenvalue weighted by molar-refractivity contribution is 6.14. The highest BCUT2D eigenvalue weighted by atomic mass is 15.1. The molecule has 4 nitrogen and oxygen atoms in total. The maximum absolute atomic E-state index is 5.06. The molecule has 10 rings (SSSR count). The number of fused-ring (bicyclic) bond motifs is 9. The molecule has 48 heavy (non-hydrogen) atoms. The summed E-state index contributed by atoms with van der Waals surface area (Å²) in [6.45, 7) is 0. The second-order valence-electron chi connectivity index (χ2n) is 12.3. The van der Waals surface area contributed by atoms with Gasteiger partial charge in [-0.15, -0.1) is 0 Å². The highest BCUT2D eigenvalue weighted by Gasteiger charge is 2.16. The van der Waals surface area contributed by atoms with Gasteiger partial charge < -0.3 is 0 Å². The van der Waals surface area contributed by atoms with E-state index < -0.39 is 0 Å². The fourth-order valence-corrected chi connectivity index (χ4v) is 7.21. The molecule has 0 aliphatic rings. The van der Waals surface area contributed by atoms with Crippen LogP contribution in [-0.4, -0.2) is 18.9 Å². The van der Waals surface area contributed by atoms with Crippen molar-refractivity contribution in [3.8, 4) is 39.3 Å². The Morgan fingerprint density at radius 3 is 1.62 bits per heavy atom. The first kappa shape index (κ1) is 26.7. The Kier molecular flexibility index (Phi) is 5.84. The van der Waals surface area contributed by atoms with Gasteiger partial charge in [0.2, 0.25) is 0 Å². The quantitative estimate of drug-likeness (QED) is 0.185. The van der Waals surface area contributed by atoms with E-state index in [0.29, 0.717) is 0 Å². The SMILES string of the molecule is c1ccc(-n2c(-c3ccc(-c4ccc(-c5ccc6c(c5)c5ccccc5n5c7ccccc7nc65)cc4)cc3)nc3ccccc32)cc1. The monoisotopic (exact) mass is 612 g/mol. The fourth-order valence-electron chi connectivity index (χ4n) is 7.21. The lowest BCUT2D eigenvalue weighted by atomic mass is 9.97. The molecule has 0 aliphatic heterocycles. The second-order valence-corrected chi connectivity index (χ2v) is 12.3. The summed E-state index contributed by atoms with van der Waals surface area (Å²) in [6, 6.07) is 60.2. The minimum Gasteiger partial charge on any atom is -0.292 e. The summed E-state index contributed by atoms with van der Waals surface area (Å²) < 4.78 is 4.54. The van der Waals surface area contributed by atoms with Crippen LogP contribution in [0.3, 0.4) is 0 Å². The van der Waals surface area contributed by atoms with E-state index in [4.69, 9.17) is 9.97 Å². The summed E-state index contributed by atoms with van der Waals surface area (Å²) in [5, 5.41) is 3.60. The average Bonchev–Trinajstić information content (AvgIpc) is 3.75. The van der Waals surface area contributed by atoms with E-state index in [0.717, 1.165) is 50.2 Å². The van der Waals surface area contributed by atoms with Crippen molar-refractivity contribution in [3.63, 3.8) is 0 Å². The first-order valence-corrected chi connectivity index (χ1v) is 16.3. The first-order chi connectivity index (χ1) is 23.8. The predicted octanol–water partition coefficient (Wildman–Crippen LogP) is 11.1. The van der Waals surface area contributed by atoms with Crippen LogP contribution in [0.1, 0.15) is 0 Å². The molecule has 7 aromatic carbocycles. The Balaban J connectivity index is 1.02. The third kappa shape index (κ3) is 4.10. The molecule has 0 fully saturated rings. The Morgan fingerprint density at radius 1 is 0.354 bits per heavy atom. The Labute approximate surface area is 276 Å². The van der Waals surface area contributed by atoms with Crippen LogP contribution < -0.4 is 0 Å². The van der Waals surface area contributed by atoms with Gasteiger partial charge in [0.25, 0.3) is 0 Å². The molecule has 0 radical (unpaired) electrons. The number of hydrogen-bond acceptors (Lipinski definition) is 2. The summed E-state index contributed by atoms with van der Waals surface area (Å²) in [6.07, 6.45) is 0. The van der Waals surface area contributed by atoms with Gasteiger partial charge in [0.05, 0.1) is 27.6 Å². The van der Waals surface area contributed by atoms with E-state index in [-0.39, 0.29) is 0 Å². The summed E-state index contributed by atoms with van der Waals surface area (Å²) in [5.41, 5.74) is 13.3. The molecular weight excluding hydrogens is 585 g/mol. The number of imidazole rings is 2. The van der Waals surface area contributed by atoms with Crippen LogP contribution in [0.5, 0.6) is 0 Å². The van der Waals surface area contributed by atoms with E-state index in [1.54, 1.807) is 0 Å². The van der Waals surface area contributed by atoms with Crippen molar-refractivity contribution in [2.45, 2.75) is 0 Å². The normalized spacial score (nSPS) is 11.8. The standard InChI is InChI=1S/C44H28N4/c1-2-10-34(11-3-1)47-41-16-8-5-13-38(41)45-43(47)32-24-22-30(23-25-32)29-18-20-31(21-19-29)33-26-27-36-37(28-33)35-12-4-7-15-40(35)48-42-17-9-6-14-39(42)46-44(36)48/h1-28H. The molecule has 0 aliphatic carbocycles. The van der Waals surface area contributed by atoms with Gasteiger partial charge in [-0.2, -0.15) is 0 Å². The van der Waals surface area contributed by atoms with Crippen molar-refractivity contribution >= 4 is 49.4 Å². The van der Waals surface area contributed by atoms with Crippen molar-refractivity contribution in [1.82, 2.24) is 18.9 Å². The maximum atomic E-state index is 5.06. The zero-order chi connectivity index (χ0) is 31.6. The van der Waals surface area contributed by atoms with Crippen molar-refractivity contribution in [1.29, 1.82) is 0 Å². The van der Waals surface area contributed by atoms with Crippen LogP contribution >= 0.6 is 0 Å². The largest absolute Gasteiger partial charge is 0.292 e. The van der Waals surface area contributed by atoms with Crippen molar-refractivity contribution in [3.05, 3.63) is 170 Å². The van der Waals surface area contributed by atoms with Gasteiger partial charge in [-0.25, -0.2) is 9.97 Å². The van der Waals surface area contributed by atoms with Crippen molar-refractivity contribution in [2.75, 3.05) is 0 Å². The van der Waals surface area contributed by atoms with E-state index >= 15 is 0 Å². The van der Waals surface area contributed by atoms with Gasteiger partial charge in [0.15, 0.2) is 0 Å². The minimum atomic E-state index is 0.939. The molecule has 0 amide bonds. The molecule has 0 unspecified atom stereocenters. The molecule has 0 bridgehead atoms. The van der Waals surface area contributed by atoms with Gasteiger partial charge >= 0.3 is 0 Å². The predicted molar refractivity (Wildman–Crippen MR) is 199 cm³/mol. The van der Waals surface area contributed by atoms with Gasteiger partial charge in [-0.1, -0.05) is 115 Å². The summed E-state index contributed by atoms with van der Waals surface area (Å²) >= 11 is 0. The zero-order valence-corrected chi connectivity index (χ0v) is 26.0. The Morgan fingerprint density at radius 2 is 0.896 bits per heavy atom. The summed E-state index contributed by atoms with van der Waals surface area (Å²) in [7, 11) is 0. The molecule has 10 aromatic rings. The van der Waals surface area contributed by atoms with Gasteiger partial charge in [-0.3, -0.25) is 8.97 Å². The molecule has 4 heteroatoms. The molecular formula is C44H28N4. The van der Waals surface area contributed by atoms with E-state index in [1.807, 2.05) is 12.1 Å². The summed E-state index contributed by atoms with van der Waals surface area (Å²) in [4.78, 5) is 10.1. The van der Waals surface area contributed by atoms with Crippen molar-refractivity contribution in [2.24, 2.45) is 0 Å². The third-order valence-electron chi connectivity index (χ3n) is 9.53. The molecule has 0 atom stereocenters. The average molecular weight is 613 g/mol. The van der Waals surface area contributed by atoms with Gasteiger partial charge in [-0.05, 0) is 82.2 Å². The lowest BCUT2D eigenvalue weighted by Gasteiger charge is -2.12. The van der Waals surface area contributed by atoms with E-state index in [1.165, 1.54) is 38.5 Å². The summed E-state index contributed by atoms with van der Waals surface area (Å²) in [5.74, 6) is 0.939. The number of aromatic nitrogens is 4. The van der Waals surface area contributed by atoms with E-state index in [9.17, 15) is 0 Å². The molecule has 3 heterocycles. The van der Waals surface area contributed by atoms with Gasteiger partial charge in [0, 0.05) is 22.0 Å². The van der Waals surface area contributed by atoms with Crippen LogP contribution in [0, 0.1) is 0 Å². The molecule has 0 saturated heterocycles. The van der Waals surface area contributed by atoms with Crippen LogP contribution in [-0.2, 0) is 0 Å². The van der Waals surface area contributed by atoms with Crippen LogP contribution in [0.25, 0.3) is 88.7 Å². The van der Waals surface area contributed by atoms with E-state index in [2.05, 4.69) is 167 Å². The van der Waals surface area contributed by atoms with Crippen molar-refractivity contribution < 1.29 is 0 Å². The second kappa shape index (κ2) is 10.5. The molecule has 0 saturated carbocycles. The highest BCUT2D eigenvalue weighted by Crippen LogP contribution is 2.36. The Bertz CT molecular complexity index is 2810.